The molecule has 2 N–H and O–H groups in total. The lowest BCUT2D eigenvalue weighted by molar-refractivity contribution is 0.0994. The van der Waals surface area contributed by atoms with Gasteiger partial charge < -0.3 is 5.73 Å². The molecule has 3 aromatic rings. The Balaban J connectivity index is 2.02. The third-order valence-corrected chi connectivity index (χ3v) is 4.31. The van der Waals surface area contributed by atoms with E-state index in [9.17, 15) is 9.18 Å². The molecule has 24 heavy (non-hydrogen) atoms. The van der Waals surface area contributed by atoms with E-state index in [1.165, 1.54) is 12.1 Å². The fourth-order valence-corrected chi connectivity index (χ4v) is 3.18. The third kappa shape index (κ3) is 2.27. The number of aromatic nitrogens is 3. The van der Waals surface area contributed by atoms with Crippen LogP contribution >= 0.6 is 11.6 Å². The second kappa shape index (κ2) is 5.42. The van der Waals surface area contributed by atoms with Crippen LogP contribution in [0.1, 0.15) is 21.6 Å². The molecular weight excluding hydrogens is 331 g/mol. The normalized spacial score (nSPS) is 12.6. The summed E-state index contributed by atoms with van der Waals surface area (Å²) in [5, 5.41) is 4.71. The van der Waals surface area contributed by atoms with Crippen LogP contribution in [0.4, 0.5) is 4.39 Å². The number of carbonyl (C=O) groups is 1. The second-order valence-electron chi connectivity index (χ2n) is 5.57. The Morgan fingerprint density at radius 2 is 1.92 bits per heavy atom. The van der Waals surface area contributed by atoms with Gasteiger partial charge in [0.15, 0.2) is 5.69 Å². The summed E-state index contributed by atoms with van der Waals surface area (Å²) in [6.45, 7) is 0. The van der Waals surface area contributed by atoms with Crippen molar-refractivity contribution < 1.29 is 9.18 Å². The summed E-state index contributed by atoms with van der Waals surface area (Å²) in [6, 6.07) is 9.50. The molecule has 0 atom stereocenters. The molecule has 0 bridgehead atoms. The summed E-state index contributed by atoms with van der Waals surface area (Å²) in [4.78, 5) is 16.2. The number of benzene rings is 1. The number of amides is 1. The molecule has 0 fully saturated rings. The van der Waals surface area contributed by atoms with Gasteiger partial charge in [0.25, 0.3) is 5.91 Å². The zero-order chi connectivity index (χ0) is 16.8. The zero-order valence-corrected chi connectivity index (χ0v) is 13.2. The zero-order valence-electron chi connectivity index (χ0n) is 12.5. The summed E-state index contributed by atoms with van der Waals surface area (Å²) in [6.07, 6.45) is 1.35. The van der Waals surface area contributed by atoms with Crippen LogP contribution in [0, 0.1) is 5.82 Å². The number of halogens is 2. The molecule has 4 rings (SSSR count). The Morgan fingerprint density at radius 1 is 1.17 bits per heavy atom. The van der Waals surface area contributed by atoms with Crippen molar-refractivity contribution in [3.63, 3.8) is 0 Å². The van der Waals surface area contributed by atoms with Gasteiger partial charge in [-0.2, -0.15) is 5.10 Å². The summed E-state index contributed by atoms with van der Waals surface area (Å²) in [7, 11) is 0. The van der Waals surface area contributed by atoms with Crippen molar-refractivity contribution in [1.82, 2.24) is 14.8 Å². The molecule has 0 radical (unpaired) electrons. The van der Waals surface area contributed by atoms with Gasteiger partial charge in [0.2, 0.25) is 0 Å². The molecule has 2 aromatic heterocycles. The maximum absolute atomic E-state index is 13.2. The molecule has 1 aliphatic carbocycles. The molecule has 1 aliphatic rings. The summed E-state index contributed by atoms with van der Waals surface area (Å²) in [5.74, 6) is -0.950. The Kier molecular flexibility index (Phi) is 3.35. The van der Waals surface area contributed by atoms with Crippen LogP contribution in [0.15, 0.2) is 36.4 Å². The second-order valence-corrected chi connectivity index (χ2v) is 5.96. The number of carbonyl (C=O) groups excluding carboxylic acids is 1. The average molecular weight is 343 g/mol. The minimum atomic E-state index is -0.599. The van der Waals surface area contributed by atoms with E-state index in [-0.39, 0.29) is 11.5 Å². The van der Waals surface area contributed by atoms with Gasteiger partial charge in [-0.3, -0.25) is 4.79 Å². The minimum Gasteiger partial charge on any atom is -0.364 e. The van der Waals surface area contributed by atoms with Crippen LogP contribution in [-0.2, 0) is 12.8 Å². The quantitative estimate of drug-likeness (QED) is 0.728. The van der Waals surface area contributed by atoms with Crippen LogP contribution in [-0.4, -0.2) is 20.7 Å². The highest BCUT2D eigenvalue weighted by molar-refractivity contribution is 6.29. The standard InChI is InChI=1S/C17H12ClFN4O/c18-13-8-2-9-1-7-12-15(17(20)24)22-23(16(12)14(9)21-13)11-5-3-10(19)4-6-11/h2-6,8H,1,7H2,(H2,20,24). The van der Waals surface area contributed by atoms with E-state index in [1.807, 2.05) is 6.07 Å². The van der Waals surface area contributed by atoms with Crippen molar-refractivity contribution >= 4 is 17.5 Å². The highest BCUT2D eigenvalue weighted by Crippen LogP contribution is 2.36. The first kappa shape index (κ1) is 14.8. The lowest BCUT2D eigenvalue weighted by Crippen LogP contribution is -2.15. The Labute approximate surface area is 141 Å². The van der Waals surface area contributed by atoms with E-state index in [1.54, 1.807) is 22.9 Å². The van der Waals surface area contributed by atoms with Crippen molar-refractivity contribution in [2.45, 2.75) is 12.8 Å². The van der Waals surface area contributed by atoms with Gasteiger partial charge in [0.1, 0.15) is 11.0 Å². The van der Waals surface area contributed by atoms with Crippen molar-refractivity contribution in [2.24, 2.45) is 5.73 Å². The number of hydrogen-bond acceptors (Lipinski definition) is 3. The lowest BCUT2D eigenvalue weighted by atomic mass is 9.92. The van der Waals surface area contributed by atoms with Crippen molar-refractivity contribution in [2.75, 3.05) is 0 Å². The Bertz CT molecular complexity index is 965. The van der Waals surface area contributed by atoms with E-state index in [0.717, 1.165) is 17.5 Å². The third-order valence-electron chi connectivity index (χ3n) is 4.10. The fraction of sp³-hybridized carbons (Fsp3) is 0.118. The number of rotatable bonds is 2. The monoisotopic (exact) mass is 342 g/mol. The lowest BCUT2D eigenvalue weighted by Gasteiger charge is -2.17. The molecule has 1 aromatic carbocycles. The fourth-order valence-electron chi connectivity index (χ4n) is 3.03. The molecule has 0 aliphatic heterocycles. The predicted octanol–water partition coefficient (Wildman–Crippen LogP) is 2.92. The van der Waals surface area contributed by atoms with E-state index >= 15 is 0 Å². The Morgan fingerprint density at radius 3 is 2.62 bits per heavy atom. The van der Waals surface area contributed by atoms with Crippen molar-refractivity contribution in [1.29, 1.82) is 0 Å². The van der Waals surface area contributed by atoms with Gasteiger partial charge in [0, 0.05) is 5.56 Å². The first-order valence-electron chi connectivity index (χ1n) is 7.38. The summed E-state index contributed by atoms with van der Waals surface area (Å²) >= 11 is 6.05. The van der Waals surface area contributed by atoms with Gasteiger partial charge in [-0.25, -0.2) is 14.1 Å². The summed E-state index contributed by atoms with van der Waals surface area (Å²) < 4.78 is 14.8. The largest absolute Gasteiger partial charge is 0.364 e. The highest BCUT2D eigenvalue weighted by atomic mass is 35.5. The van der Waals surface area contributed by atoms with E-state index in [0.29, 0.717) is 28.6 Å². The molecule has 7 heteroatoms. The first-order chi connectivity index (χ1) is 11.5. The molecule has 5 nitrogen and oxygen atoms in total. The van der Waals surface area contributed by atoms with Gasteiger partial charge in [-0.1, -0.05) is 17.7 Å². The first-order valence-corrected chi connectivity index (χ1v) is 7.76. The molecule has 0 saturated heterocycles. The van der Waals surface area contributed by atoms with Crippen LogP contribution in [0.25, 0.3) is 17.1 Å². The van der Waals surface area contributed by atoms with Gasteiger partial charge in [-0.05, 0) is 48.7 Å². The molecule has 120 valence electrons. The maximum atomic E-state index is 13.2. The minimum absolute atomic E-state index is 0.210. The number of hydrogen-bond donors (Lipinski definition) is 1. The topological polar surface area (TPSA) is 73.8 Å². The number of primary amides is 1. The van der Waals surface area contributed by atoms with Gasteiger partial charge in [-0.15, -0.1) is 0 Å². The van der Waals surface area contributed by atoms with Gasteiger partial charge in [0.05, 0.1) is 17.1 Å². The Hall–Kier alpha value is -2.73. The van der Waals surface area contributed by atoms with Crippen LogP contribution < -0.4 is 5.73 Å². The van der Waals surface area contributed by atoms with Crippen molar-refractivity contribution in [3.8, 4) is 17.1 Å². The summed E-state index contributed by atoms with van der Waals surface area (Å²) in [5.41, 5.74) is 9.43. The van der Waals surface area contributed by atoms with Crippen LogP contribution in [0.5, 0.6) is 0 Å². The SMILES string of the molecule is NC(=O)c1nn(-c2ccc(F)cc2)c2c1CCc1ccc(Cl)nc1-2. The average Bonchev–Trinajstić information content (AvgIpc) is 2.96. The molecule has 0 unspecified atom stereocenters. The van der Waals surface area contributed by atoms with Crippen molar-refractivity contribution in [3.05, 3.63) is 64.2 Å². The van der Waals surface area contributed by atoms with E-state index in [2.05, 4.69) is 10.1 Å². The highest BCUT2D eigenvalue weighted by Gasteiger charge is 2.29. The smallest absolute Gasteiger partial charge is 0.269 e. The number of nitrogens with two attached hydrogens (primary N) is 1. The molecule has 2 heterocycles. The molecule has 1 amide bonds. The van der Waals surface area contributed by atoms with E-state index in [4.69, 9.17) is 17.3 Å². The number of aryl methyl sites for hydroxylation is 1. The predicted molar refractivity (Wildman–Crippen MR) is 87.7 cm³/mol. The van der Waals surface area contributed by atoms with Crippen LogP contribution in [0.2, 0.25) is 5.15 Å². The maximum Gasteiger partial charge on any atom is 0.269 e. The van der Waals surface area contributed by atoms with E-state index < -0.39 is 5.91 Å². The number of nitrogens with zero attached hydrogens (tertiary/aromatic N) is 3. The number of fused-ring (bicyclic) bond motifs is 3. The molecular formula is C17H12ClFN4O. The number of pyridine rings is 1. The van der Waals surface area contributed by atoms with Crippen LogP contribution in [0.3, 0.4) is 0 Å². The molecule has 0 saturated carbocycles. The van der Waals surface area contributed by atoms with Gasteiger partial charge >= 0.3 is 0 Å². The molecule has 0 spiro atoms.